The van der Waals surface area contributed by atoms with Gasteiger partial charge in [0.2, 0.25) is 11.8 Å². The van der Waals surface area contributed by atoms with Crippen LogP contribution in [0.5, 0.6) is 11.5 Å². The van der Waals surface area contributed by atoms with Crippen LogP contribution >= 0.6 is 15.9 Å². The lowest BCUT2D eigenvalue weighted by Crippen LogP contribution is -1.90. The van der Waals surface area contributed by atoms with Crippen LogP contribution in [-0.2, 0) is 0 Å². The van der Waals surface area contributed by atoms with E-state index in [0.717, 1.165) is 15.6 Å². The maximum absolute atomic E-state index is 5.86. The zero-order valence-corrected chi connectivity index (χ0v) is 15.5. The highest BCUT2D eigenvalue weighted by Gasteiger charge is 2.15. The minimum atomic E-state index is 0.427. The van der Waals surface area contributed by atoms with Crippen molar-refractivity contribution in [2.45, 2.75) is 13.8 Å². The van der Waals surface area contributed by atoms with Crippen LogP contribution in [0.1, 0.15) is 11.1 Å². The van der Waals surface area contributed by atoms with Crippen molar-refractivity contribution in [3.05, 3.63) is 45.9 Å². The first-order valence-corrected chi connectivity index (χ1v) is 8.15. The van der Waals surface area contributed by atoms with Gasteiger partial charge >= 0.3 is 0 Å². The standard InChI is InChI=1S/C18H17BrN2O3/c1-10-7-13(14(19)8-11(10)2)18-21-20-17(24-18)12-5-6-15(22-3)16(9-12)23-4/h5-9H,1-4H3. The maximum Gasteiger partial charge on any atom is 0.249 e. The molecule has 0 radical (unpaired) electrons. The Kier molecular flexibility index (Phi) is 4.57. The van der Waals surface area contributed by atoms with E-state index in [0.29, 0.717) is 23.3 Å². The Hall–Kier alpha value is -2.34. The fourth-order valence-electron chi connectivity index (χ4n) is 2.36. The molecule has 0 saturated carbocycles. The molecule has 3 aromatic rings. The molecule has 0 spiro atoms. The minimum Gasteiger partial charge on any atom is -0.493 e. The van der Waals surface area contributed by atoms with Gasteiger partial charge in [0.15, 0.2) is 11.5 Å². The zero-order valence-electron chi connectivity index (χ0n) is 13.9. The lowest BCUT2D eigenvalue weighted by Gasteiger charge is -2.07. The molecule has 0 aliphatic carbocycles. The van der Waals surface area contributed by atoms with E-state index < -0.39 is 0 Å². The van der Waals surface area contributed by atoms with Crippen molar-refractivity contribution in [2.24, 2.45) is 0 Å². The summed E-state index contributed by atoms with van der Waals surface area (Å²) in [5.41, 5.74) is 4.01. The molecule has 3 rings (SSSR count). The molecule has 0 unspecified atom stereocenters. The van der Waals surface area contributed by atoms with Crippen LogP contribution in [0.2, 0.25) is 0 Å². The summed E-state index contributed by atoms with van der Waals surface area (Å²) in [4.78, 5) is 0. The molecule has 1 heterocycles. The third-order valence-electron chi connectivity index (χ3n) is 3.87. The van der Waals surface area contributed by atoms with Crippen LogP contribution in [-0.4, -0.2) is 24.4 Å². The second-order valence-corrected chi connectivity index (χ2v) is 6.25. The summed E-state index contributed by atoms with van der Waals surface area (Å²) in [6.07, 6.45) is 0. The second-order valence-electron chi connectivity index (χ2n) is 5.40. The van der Waals surface area contributed by atoms with Gasteiger partial charge in [0, 0.05) is 10.0 Å². The van der Waals surface area contributed by atoms with Crippen molar-refractivity contribution in [2.75, 3.05) is 14.2 Å². The first-order chi connectivity index (χ1) is 11.5. The minimum absolute atomic E-state index is 0.427. The number of nitrogens with zero attached hydrogens (tertiary/aromatic N) is 2. The highest BCUT2D eigenvalue weighted by molar-refractivity contribution is 9.10. The van der Waals surface area contributed by atoms with Crippen molar-refractivity contribution in [3.8, 4) is 34.4 Å². The summed E-state index contributed by atoms with van der Waals surface area (Å²) in [6, 6.07) is 9.56. The van der Waals surface area contributed by atoms with Crippen LogP contribution < -0.4 is 9.47 Å². The molecule has 0 bridgehead atoms. The Morgan fingerprint density at radius 2 is 1.54 bits per heavy atom. The fraction of sp³-hybridized carbons (Fsp3) is 0.222. The summed E-state index contributed by atoms with van der Waals surface area (Å²) in [5.74, 6) is 2.16. The van der Waals surface area contributed by atoms with Gasteiger partial charge in [-0.25, -0.2) is 0 Å². The van der Waals surface area contributed by atoms with Gasteiger partial charge in [-0.1, -0.05) is 0 Å². The predicted octanol–water partition coefficient (Wildman–Crippen LogP) is 4.80. The average Bonchev–Trinajstić information content (AvgIpc) is 3.07. The summed E-state index contributed by atoms with van der Waals surface area (Å²) < 4.78 is 17.3. The third-order valence-corrected chi connectivity index (χ3v) is 4.53. The van der Waals surface area contributed by atoms with E-state index >= 15 is 0 Å². The van der Waals surface area contributed by atoms with Crippen LogP contribution in [0.4, 0.5) is 0 Å². The Morgan fingerprint density at radius 1 is 0.875 bits per heavy atom. The van der Waals surface area contributed by atoms with Crippen molar-refractivity contribution < 1.29 is 13.9 Å². The normalized spacial score (nSPS) is 10.7. The highest BCUT2D eigenvalue weighted by Crippen LogP contribution is 2.34. The number of hydrogen-bond acceptors (Lipinski definition) is 5. The van der Waals surface area contributed by atoms with Crippen LogP contribution in [0.3, 0.4) is 0 Å². The van der Waals surface area contributed by atoms with Crippen molar-refractivity contribution in [1.82, 2.24) is 10.2 Å². The van der Waals surface area contributed by atoms with Gasteiger partial charge in [-0.15, -0.1) is 10.2 Å². The fourth-order valence-corrected chi connectivity index (χ4v) is 2.99. The number of methoxy groups -OCH3 is 2. The summed E-state index contributed by atoms with van der Waals surface area (Å²) in [5, 5.41) is 8.33. The van der Waals surface area contributed by atoms with Crippen LogP contribution in [0.25, 0.3) is 22.9 Å². The van der Waals surface area contributed by atoms with E-state index in [2.05, 4.69) is 40.0 Å². The number of aromatic nitrogens is 2. The number of benzene rings is 2. The molecule has 24 heavy (non-hydrogen) atoms. The Labute approximate surface area is 148 Å². The molecule has 0 fully saturated rings. The molecule has 0 N–H and O–H groups in total. The summed E-state index contributed by atoms with van der Waals surface area (Å²) in [6.45, 7) is 4.11. The van der Waals surface area contributed by atoms with E-state index in [-0.39, 0.29) is 0 Å². The van der Waals surface area contributed by atoms with Gasteiger partial charge in [-0.2, -0.15) is 0 Å². The van der Waals surface area contributed by atoms with Gasteiger partial charge in [0.1, 0.15) is 0 Å². The first kappa shape index (κ1) is 16.5. The maximum atomic E-state index is 5.86. The van der Waals surface area contributed by atoms with E-state index in [1.54, 1.807) is 14.2 Å². The molecule has 0 aliphatic heterocycles. The van der Waals surface area contributed by atoms with E-state index in [4.69, 9.17) is 13.9 Å². The zero-order chi connectivity index (χ0) is 17.3. The summed E-state index contributed by atoms with van der Waals surface area (Å²) >= 11 is 3.56. The SMILES string of the molecule is COc1ccc(-c2nnc(-c3cc(C)c(C)cc3Br)o2)cc1OC. The van der Waals surface area contributed by atoms with E-state index in [1.807, 2.05) is 30.3 Å². The predicted molar refractivity (Wildman–Crippen MR) is 95.4 cm³/mol. The van der Waals surface area contributed by atoms with Gasteiger partial charge < -0.3 is 13.9 Å². The average molecular weight is 389 g/mol. The van der Waals surface area contributed by atoms with Crippen molar-refractivity contribution in [1.29, 1.82) is 0 Å². The molecule has 0 amide bonds. The topological polar surface area (TPSA) is 57.4 Å². The quantitative estimate of drug-likeness (QED) is 0.642. The number of hydrogen-bond donors (Lipinski definition) is 0. The Morgan fingerprint density at radius 3 is 2.25 bits per heavy atom. The number of rotatable bonds is 4. The smallest absolute Gasteiger partial charge is 0.249 e. The lowest BCUT2D eigenvalue weighted by molar-refractivity contribution is 0.355. The van der Waals surface area contributed by atoms with Gasteiger partial charge in [-0.3, -0.25) is 0 Å². The van der Waals surface area contributed by atoms with E-state index in [9.17, 15) is 0 Å². The Balaban J connectivity index is 2.01. The monoisotopic (exact) mass is 388 g/mol. The van der Waals surface area contributed by atoms with Gasteiger partial charge in [0.05, 0.1) is 19.8 Å². The number of ether oxygens (including phenoxy) is 2. The molecule has 1 aromatic heterocycles. The molecular weight excluding hydrogens is 372 g/mol. The highest BCUT2D eigenvalue weighted by atomic mass is 79.9. The van der Waals surface area contributed by atoms with Crippen molar-refractivity contribution in [3.63, 3.8) is 0 Å². The van der Waals surface area contributed by atoms with Gasteiger partial charge in [-0.05, 0) is 71.2 Å². The first-order valence-electron chi connectivity index (χ1n) is 7.36. The second kappa shape index (κ2) is 6.65. The van der Waals surface area contributed by atoms with Crippen molar-refractivity contribution >= 4 is 15.9 Å². The molecule has 2 aromatic carbocycles. The number of aryl methyl sites for hydroxylation is 2. The molecular formula is C18H17BrN2O3. The third kappa shape index (κ3) is 3.01. The molecule has 0 aliphatic rings. The summed E-state index contributed by atoms with van der Waals surface area (Å²) in [7, 11) is 3.19. The largest absolute Gasteiger partial charge is 0.493 e. The van der Waals surface area contributed by atoms with Crippen LogP contribution in [0, 0.1) is 13.8 Å². The molecule has 124 valence electrons. The molecule has 5 nitrogen and oxygen atoms in total. The number of halogens is 1. The van der Waals surface area contributed by atoms with E-state index in [1.165, 1.54) is 11.1 Å². The molecule has 0 saturated heterocycles. The van der Waals surface area contributed by atoms with Gasteiger partial charge in [0.25, 0.3) is 0 Å². The van der Waals surface area contributed by atoms with Crippen LogP contribution in [0.15, 0.2) is 39.2 Å². The Bertz CT molecular complexity index is 890. The lowest BCUT2D eigenvalue weighted by atomic mass is 10.1. The molecule has 0 atom stereocenters. The molecule has 6 heteroatoms.